The molecular weight excluding hydrogens is 1090 g/mol. The zero-order chi connectivity index (χ0) is 59.1. The number of phenols is 2. The van der Waals surface area contributed by atoms with Crippen LogP contribution in [0.5, 0.6) is 17.5 Å². The number of aromatic amines is 1. The Morgan fingerprint density at radius 2 is 1.64 bits per heavy atom. The number of amides is 2. The second-order valence-electron chi connectivity index (χ2n) is 24.9. The highest BCUT2D eigenvalue weighted by atomic mass is 35.5. The number of fused-ring (bicyclic) bond motifs is 2. The maximum atomic E-state index is 14.0. The Balaban J connectivity index is 0.625. The third-order valence-electron chi connectivity index (χ3n) is 19.6. The fourth-order valence-electron chi connectivity index (χ4n) is 14.5. The molecule has 6 aromatic rings. The van der Waals surface area contributed by atoms with E-state index >= 15 is 0 Å². The molecule has 0 bridgehead atoms. The number of phenolic OH excluding ortho intramolecular Hbond substituents is 2. The first kappa shape index (κ1) is 57.9. The van der Waals surface area contributed by atoms with Crippen molar-refractivity contribution in [1.82, 2.24) is 49.2 Å². The number of likely N-dealkylation sites (N-methyl/N-ethyl adjacent to an activating group) is 1. The summed E-state index contributed by atoms with van der Waals surface area (Å²) in [6.07, 6.45) is 9.33. The smallest absolute Gasteiger partial charge is 0.348 e. The second kappa shape index (κ2) is 24.5. The Labute approximate surface area is 502 Å². The maximum absolute atomic E-state index is 14.0. The molecule has 12 rings (SSSR count). The van der Waals surface area contributed by atoms with Gasteiger partial charge in [-0.3, -0.25) is 24.3 Å². The van der Waals surface area contributed by atoms with E-state index in [1.54, 1.807) is 11.0 Å². The molecule has 6 aliphatic heterocycles. The van der Waals surface area contributed by atoms with Crippen molar-refractivity contribution in [2.45, 2.75) is 109 Å². The minimum atomic E-state index is -0.429. The van der Waals surface area contributed by atoms with Gasteiger partial charge in [0.2, 0.25) is 11.8 Å². The summed E-state index contributed by atoms with van der Waals surface area (Å²) >= 11 is 6.85. The summed E-state index contributed by atoms with van der Waals surface area (Å²) in [6.45, 7) is 18.0. The van der Waals surface area contributed by atoms with Crippen LogP contribution in [0.15, 0.2) is 90.2 Å². The number of nitrogens with zero attached hydrogens (tertiary/aromatic N) is 12. The predicted molar refractivity (Wildman–Crippen MR) is 328 cm³/mol. The lowest BCUT2D eigenvalue weighted by Crippen LogP contribution is -2.55. The van der Waals surface area contributed by atoms with Crippen molar-refractivity contribution in [1.29, 1.82) is 5.26 Å². The molecule has 6 aliphatic rings. The SMILES string of the molecule is C=CC(=O)N1CCN(c2nc(OC[C@@H]3C[C@H](N4CCC5(CCN(C(=O)C6CCN(Cc7ccc(-n8c(-c9cc(C(C)C)c(O)cc9O)n[nH]c8=O)cc7)CC6)CC5)CC4)CN3C)nc3c2CCN(c2cccc4cccc(Cl)c24)C3)C[C@@H]1CC#N. The van der Waals surface area contributed by atoms with Crippen LogP contribution in [0.25, 0.3) is 27.8 Å². The number of halogens is 1. The molecule has 1 spiro atoms. The van der Waals surface area contributed by atoms with Crippen LogP contribution < -0.4 is 20.2 Å². The first-order valence-electron chi connectivity index (χ1n) is 30.4. The number of piperidine rings is 3. The van der Waals surface area contributed by atoms with Crippen molar-refractivity contribution in [3.8, 4) is 40.7 Å². The Hall–Kier alpha value is -7.50. The van der Waals surface area contributed by atoms with Gasteiger partial charge in [-0.05, 0) is 149 Å². The van der Waals surface area contributed by atoms with Gasteiger partial charge in [-0.2, -0.15) is 20.3 Å². The molecule has 446 valence electrons. The maximum Gasteiger partial charge on any atom is 0.348 e. The van der Waals surface area contributed by atoms with Gasteiger partial charge < -0.3 is 34.5 Å². The van der Waals surface area contributed by atoms with Crippen LogP contribution in [-0.2, 0) is 29.1 Å². The van der Waals surface area contributed by atoms with Gasteiger partial charge in [0.15, 0.2) is 5.82 Å². The lowest BCUT2D eigenvalue weighted by atomic mass is 9.71. The summed E-state index contributed by atoms with van der Waals surface area (Å²) in [5.74, 6) is 1.09. The molecule has 5 saturated heterocycles. The topological polar surface area (TPSA) is 207 Å². The third kappa shape index (κ3) is 11.8. The molecule has 0 unspecified atom stereocenters. The fraction of sp³-hybridized carbons (Fsp3) is 0.492. The minimum Gasteiger partial charge on any atom is -0.508 e. The predicted octanol–water partition coefficient (Wildman–Crippen LogP) is 8.11. The number of likely N-dealkylation sites (tertiary alicyclic amines) is 4. The average Bonchev–Trinajstić information content (AvgIpc) is 3.70. The number of aromatic nitrogens is 5. The average molecular weight is 1170 g/mol. The van der Waals surface area contributed by atoms with E-state index in [0.29, 0.717) is 79.0 Å². The quantitative estimate of drug-likeness (QED) is 0.0881. The molecule has 5 fully saturated rings. The Morgan fingerprint density at radius 1 is 0.894 bits per heavy atom. The van der Waals surface area contributed by atoms with Gasteiger partial charge in [-0.1, -0.05) is 68.4 Å². The standard InChI is InChI=1S/C65H78ClN13O6/c1-5-58(82)78-33-32-77(39-47(78)16-24-67)60-50-19-27-76(55-11-7-9-44-8-6-10-53(66)59(44)55)40-54(50)68-63(69-60)85-41-49-34-48(38-72(49)4)74-28-20-65(21-29-74)22-30-75(31-23-65)62(83)45-17-25-73(26-18-45)37-43-12-14-46(15-13-43)79-61(70-71-64(79)84)52-35-51(42(2)3)56(80)36-57(52)81/h5-15,35-36,42,45,47-49,80-81H,1,16-23,25-34,37-41H2,2-4H3,(H,71,84)/t47-,48-,49-/m0/s1. The van der Waals surface area contributed by atoms with Gasteiger partial charge in [0.05, 0.1) is 47.0 Å². The van der Waals surface area contributed by atoms with Crippen molar-refractivity contribution in [3.63, 3.8) is 0 Å². The Morgan fingerprint density at radius 3 is 2.36 bits per heavy atom. The number of hydrogen-bond acceptors (Lipinski definition) is 15. The van der Waals surface area contributed by atoms with E-state index in [0.717, 1.165) is 143 Å². The molecule has 0 aliphatic carbocycles. The summed E-state index contributed by atoms with van der Waals surface area (Å²) in [5, 5.41) is 40.5. The molecule has 4 aromatic carbocycles. The van der Waals surface area contributed by atoms with Crippen molar-refractivity contribution < 1.29 is 24.5 Å². The van der Waals surface area contributed by atoms with Crippen LogP contribution >= 0.6 is 11.6 Å². The summed E-state index contributed by atoms with van der Waals surface area (Å²) in [7, 11) is 2.20. The molecule has 3 N–H and O–H groups in total. The zero-order valence-corrected chi connectivity index (χ0v) is 49.9. The lowest BCUT2D eigenvalue weighted by molar-refractivity contribution is -0.140. The van der Waals surface area contributed by atoms with E-state index < -0.39 is 5.69 Å². The fourth-order valence-corrected chi connectivity index (χ4v) is 14.8. The van der Waals surface area contributed by atoms with Crippen LogP contribution in [0, 0.1) is 22.7 Å². The molecule has 85 heavy (non-hydrogen) atoms. The van der Waals surface area contributed by atoms with Gasteiger partial charge >= 0.3 is 11.7 Å². The highest BCUT2D eigenvalue weighted by Gasteiger charge is 2.43. The number of nitrogens with one attached hydrogen (secondary N) is 1. The van der Waals surface area contributed by atoms with Crippen molar-refractivity contribution in [3.05, 3.63) is 123 Å². The molecular formula is C65H78ClN13O6. The van der Waals surface area contributed by atoms with Crippen LogP contribution in [0.1, 0.15) is 93.5 Å². The van der Waals surface area contributed by atoms with Crippen molar-refractivity contribution >= 4 is 45.7 Å². The monoisotopic (exact) mass is 1170 g/mol. The van der Waals surface area contributed by atoms with E-state index in [2.05, 4.69) is 83.6 Å². The third-order valence-corrected chi connectivity index (χ3v) is 19.9. The van der Waals surface area contributed by atoms with E-state index in [4.69, 9.17) is 26.3 Å². The number of anilines is 2. The normalized spacial score (nSPS) is 21.6. The highest BCUT2D eigenvalue weighted by Crippen LogP contribution is 2.44. The van der Waals surface area contributed by atoms with Gasteiger partial charge in [-0.25, -0.2) is 14.5 Å². The number of benzene rings is 4. The number of ether oxygens (including phenoxy) is 1. The molecule has 0 saturated carbocycles. The molecule has 2 amide bonds. The highest BCUT2D eigenvalue weighted by molar-refractivity contribution is 6.36. The second-order valence-corrected chi connectivity index (χ2v) is 25.3. The summed E-state index contributed by atoms with van der Waals surface area (Å²) in [6, 6.07) is 26.0. The summed E-state index contributed by atoms with van der Waals surface area (Å²) in [5.41, 5.74) is 5.60. The molecule has 2 aromatic heterocycles. The van der Waals surface area contributed by atoms with Crippen LogP contribution in [0.2, 0.25) is 5.02 Å². The Kier molecular flexibility index (Phi) is 16.7. The lowest BCUT2D eigenvalue weighted by Gasteiger charge is -2.48. The summed E-state index contributed by atoms with van der Waals surface area (Å²) in [4.78, 5) is 66.2. The van der Waals surface area contributed by atoms with E-state index in [1.807, 2.05) is 50.2 Å². The summed E-state index contributed by atoms with van der Waals surface area (Å²) < 4.78 is 8.11. The largest absolute Gasteiger partial charge is 0.508 e. The first-order chi connectivity index (χ1) is 41.2. The number of H-pyrrole nitrogens is 1. The molecule has 19 nitrogen and oxygen atoms in total. The molecule has 3 atom stereocenters. The minimum absolute atomic E-state index is 0.00348. The molecule has 8 heterocycles. The number of aromatic hydroxyl groups is 2. The molecule has 20 heteroatoms. The van der Waals surface area contributed by atoms with Gasteiger partial charge in [-0.15, -0.1) is 0 Å². The van der Waals surface area contributed by atoms with Crippen molar-refractivity contribution in [2.24, 2.45) is 11.3 Å². The van der Waals surface area contributed by atoms with Crippen LogP contribution in [0.4, 0.5) is 11.5 Å². The number of hydrogen-bond donors (Lipinski definition) is 3. The van der Waals surface area contributed by atoms with E-state index in [9.17, 15) is 29.9 Å². The first-order valence-corrected chi connectivity index (χ1v) is 30.8. The molecule has 0 radical (unpaired) electrons. The van der Waals surface area contributed by atoms with E-state index in [-0.39, 0.29) is 59.0 Å². The van der Waals surface area contributed by atoms with Crippen LogP contribution in [0.3, 0.4) is 0 Å². The number of piperazine rings is 1. The number of rotatable bonds is 14. The number of nitriles is 1. The van der Waals surface area contributed by atoms with Crippen LogP contribution in [-0.4, -0.2) is 175 Å². The van der Waals surface area contributed by atoms with Gasteiger partial charge in [0, 0.05) is 93.1 Å². The van der Waals surface area contributed by atoms with Crippen molar-refractivity contribution in [2.75, 3.05) is 95.4 Å². The number of carbonyl (C=O) groups excluding carboxylic acids is 2. The Bertz CT molecular complexity index is 3550. The zero-order valence-electron chi connectivity index (χ0n) is 49.1. The van der Waals surface area contributed by atoms with E-state index in [1.165, 1.54) is 16.7 Å². The van der Waals surface area contributed by atoms with Gasteiger partial charge in [0.1, 0.15) is 23.9 Å². The number of carbonyl (C=O) groups is 2. The van der Waals surface area contributed by atoms with Gasteiger partial charge in [0.25, 0.3) is 0 Å².